The fourth-order valence-corrected chi connectivity index (χ4v) is 7.41. The SMILES string of the molecule is CCCCCC(=CC(=O)OC(C(=O)O)C(CNCC)c1cc(O)c(O)c(O)c1)c1cc(O)c(O)c2c1C=C(c1cc(O)c(O)cc1-c1cccc(O)c1)CC2CC. The maximum Gasteiger partial charge on any atom is 0.345 e. The fraction of sp³-hybridized carbons (Fsp3) is 0.318. The number of likely N-dealkylation sites (N-methyl/N-ethyl adjacent to an activating group) is 1. The largest absolute Gasteiger partial charge is 0.508 e. The number of phenols is 8. The number of carbonyl (C=O) groups excluding carboxylic acids is 1. The molecule has 4 aromatic rings. The third kappa shape index (κ3) is 9.21. The van der Waals surface area contributed by atoms with Gasteiger partial charge in [-0.3, -0.25) is 0 Å². The molecule has 57 heavy (non-hydrogen) atoms. The molecule has 0 aliphatic heterocycles. The van der Waals surface area contributed by atoms with Crippen molar-refractivity contribution in [2.45, 2.75) is 77.2 Å². The van der Waals surface area contributed by atoms with Gasteiger partial charge < -0.3 is 56.0 Å². The number of hydrogen-bond donors (Lipinski definition) is 10. The van der Waals surface area contributed by atoms with E-state index in [0.717, 1.165) is 25.0 Å². The van der Waals surface area contributed by atoms with Gasteiger partial charge in [-0.15, -0.1) is 0 Å². The molecule has 10 N–H and O–H groups in total. The number of ether oxygens (including phenoxy) is 1. The Morgan fingerprint density at radius 3 is 2.11 bits per heavy atom. The van der Waals surface area contributed by atoms with Gasteiger partial charge in [0.2, 0.25) is 6.10 Å². The van der Waals surface area contributed by atoms with E-state index in [2.05, 4.69) is 5.32 Å². The summed E-state index contributed by atoms with van der Waals surface area (Å²) in [6.45, 7) is 6.08. The van der Waals surface area contributed by atoms with Gasteiger partial charge in [-0.2, -0.15) is 0 Å². The van der Waals surface area contributed by atoms with E-state index in [-0.39, 0.29) is 41.0 Å². The van der Waals surface area contributed by atoms with Crippen molar-refractivity contribution in [3.05, 3.63) is 88.5 Å². The lowest BCUT2D eigenvalue weighted by molar-refractivity contribution is -0.162. The molecular weight excluding hydrogens is 734 g/mol. The molecule has 0 spiro atoms. The lowest BCUT2D eigenvalue weighted by Gasteiger charge is -2.30. The van der Waals surface area contributed by atoms with Gasteiger partial charge >= 0.3 is 11.9 Å². The van der Waals surface area contributed by atoms with Crippen molar-refractivity contribution >= 4 is 29.2 Å². The van der Waals surface area contributed by atoms with Gasteiger partial charge in [-0.25, -0.2) is 9.59 Å². The van der Waals surface area contributed by atoms with Crippen LogP contribution >= 0.6 is 0 Å². The van der Waals surface area contributed by atoms with Crippen molar-refractivity contribution in [2.75, 3.05) is 13.1 Å². The molecule has 3 unspecified atom stereocenters. The Morgan fingerprint density at radius 1 is 0.825 bits per heavy atom. The molecule has 13 heteroatoms. The zero-order valence-corrected chi connectivity index (χ0v) is 32.0. The molecule has 0 saturated heterocycles. The molecule has 1 aliphatic carbocycles. The first kappa shape index (κ1) is 41.8. The highest BCUT2D eigenvalue weighted by Gasteiger charge is 2.35. The van der Waals surface area contributed by atoms with Crippen molar-refractivity contribution in [3.63, 3.8) is 0 Å². The summed E-state index contributed by atoms with van der Waals surface area (Å²) in [6, 6.07) is 12.8. The topological polar surface area (TPSA) is 237 Å². The van der Waals surface area contributed by atoms with E-state index < -0.39 is 47.0 Å². The summed E-state index contributed by atoms with van der Waals surface area (Å²) in [5, 5.41) is 97.6. The minimum atomic E-state index is -1.82. The van der Waals surface area contributed by atoms with Crippen LogP contribution in [0.3, 0.4) is 0 Å². The molecule has 0 bridgehead atoms. The average molecular weight is 784 g/mol. The van der Waals surface area contributed by atoms with Crippen LogP contribution in [0.5, 0.6) is 46.0 Å². The number of hydrogen-bond acceptors (Lipinski definition) is 12. The number of carboxylic acid groups (broad SMARTS) is 1. The molecule has 0 saturated carbocycles. The Labute approximate surface area is 330 Å². The van der Waals surface area contributed by atoms with E-state index in [1.807, 2.05) is 13.8 Å². The van der Waals surface area contributed by atoms with Crippen LogP contribution in [-0.4, -0.2) is 77.1 Å². The normalized spacial score (nSPS) is 15.0. The third-order valence-electron chi connectivity index (χ3n) is 10.3. The summed E-state index contributed by atoms with van der Waals surface area (Å²) in [7, 11) is 0. The summed E-state index contributed by atoms with van der Waals surface area (Å²) in [4.78, 5) is 26.6. The van der Waals surface area contributed by atoms with E-state index in [1.54, 1.807) is 25.1 Å². The first-order valence-corrected chi connectivity index (χ1v) is 18.9. The van der Waals surface area contributed by atoms with Crippen molar-refractivity contribution in [1.29, 1.82) is 0 Å². The Morgan fingerprint density at radius 2 is 1.49 bits per heavy atom. The van der Waals surface area contributed by atoms with Crippen LogP contribution in [0.15, 0.2) is 60.7 Å². The zero-order chi connectivity index (χ0) is 41.6. The van der Waals surface area contributed by atoms with Gasteiger partial charge in [0.15, 0.2) is 40.2 Å². The quantitative estimate of drug-likeness (QED) is 0.0226. The van der Waals surface area contributed by atoms with Crippen molar-refractivity contribution in [2.24, 2.45) is 0 Å². The second-order valence-electron chi connectivity index (χ2n) is 14.2. The highest BCUT2D eigenvalue weighted by atomic mass is 16.6. The number of benzene rings is 4. The highest BCUT2D eigenvalue weighted by Crippen LogP contribution is 2.52. The predicted molar refractivity (Wildman–Crippen MR) is 215 cm³/mol. The minimum absolute atomic E-state index is 0.00529. The molecule has 0 aromatic heterocycles. The number of allylic oxidation sites excluding steroid dienone is 2. The first-order chi connectivity index (χ1) is 27.2. The van der Waals surface area contributed by atoms with Crippen molar-refractivity contribution < 1.29 is 60.3 Å². The van der Waals surface area contributed by atoms with Crippen LogP contribution in [0.1, 0.15) is 98.9 Å². The number of rotatable bonds is 16. The van der Waals surface area contributed by atoms with E-state index in [9.17, 15) is 55.5 Å². The first-order valence-electron chi connectivity index (χ1n) is 18.9. The van der Waals surface area contributed by atoms with Crippen LogP contribution in [0.2, 0.25) is 0 Å². The van der Waals surface area contributed by atoms with Gasteiger partial charge in [0.1, 0.15) is 5.75 Å². The smallest absolute Gasteiger partial charge is 0.345 e. The predicted octanol–water partition coefficient (Wildman–Crippen LogP) is 7.79. The number of fused-ring (bicyclic) bond motifs is 1. The standard InChI is InChI=1S/C44H49NO12/c1-4-7-8-10-25(18-39(52)57-43(44(55)56)33(22-45-6-3)27-16-36(49)41(53)37(50)17-27)30-21-38(51)42(54)40-23(5-2)13-26(15-32(30)40)31-20-35(48)34(47)19-29(31)24-11-9-12-28(46)14-24/h9,11-12,14-21,23,33,43,45-51,53-54H,4-8,10,13,22H2,1-3H3,(H,55,56). The minimum Gasteiger partial charge on any atom is -0.508 e. The number of aliphatic carboxylic acids is 1. The van der Waals surface area contributed by atoms with Gasteiger partial charge in [-0.1, -0.05) is 51.8 Å². The molecule has 0 fully saturated rings. The lowest BCUT2D eigenvalue weighted by Crippen LogP contribution is -2.38. The zero-order valence-electron chi connectivity index (χ0n) is 32.0. The maximum absolute atomic E-state index is 13.9. The number of esters is 1. The summed E-state index contributed by atoms with van der Waals surface area (Å²) < 4.78 is 5.64. The van der Waals surface area contributed by atoms with Crippen LogP contribution in [-0.2, 0) is 14.3 Å². The molecule has 13 nitrogen and oxygen atoms in total. The molecule has 4 aromatic carbocycles. The molecular formula is C44H49NO12. The number of aromatic hydroxyl groups is 8. The van der Waals surface area contributed by atoms with Crippen LogP contribution in [0, 0.1) is 0 Å². The Balaban J connectivity index is 1.67. The second-order valence-corrected chi connectivity index (χ2v) is 14.2. The Kier molecular flexibility index (Phi) is 13.3. The Bertz CT molecular complexity index is 2180. The van der Waals surface area contributed by atoms with Gasteiger partial charge in [0.05, 0.1) is 0 Å². The van der Waals surface area contributed by atoms with E-state index in [1.165, 1.54) is 36.4 Å². The maximum atomic E-state index is 13.9. The van der Waals surface area contributed by atoms with Crippen LogP contribution in [0.4, 0.5) is 0 Å². The van der Waals surface area contributed by atoms with Crippen LogP contribution < -0.4 is 5.32 Å². The molecule has 1 aliphatic rings. The average Bonchev–Trinajstić information content (AvgIpc) is 3.17. The van der Waals surface area contributed by atoms with Crippen molar-refractivity contribution in [1.82, 2.24) is 5.32 Å². The molecule has 302 valence electrons. The summed E-state index contributed by atoms with van der Waals surface area (Å²) in [6.07, 6.45) is 4.52. The molecule has 5 rings (SSSR count). The van der Waals surface area contributed by atoms with E-state index in [0.29, 0.717) is 76.8 Å². The summed E-state index contributed by atoms with van der Waals surface area (Å²) >= 11 is 0. The van der Waals surface area contributed by atoms with Crippen molar-refractivity contribution in [3.8, 4) is 57.1 Å². The number of phenolic OH excluding ortho intramolecular Hbond substituents is 8. The second kappa shape index (κ2) is 18.1. The van der Waals surface area contributed by atoms with Gasteiger partial charge in [0.25, 0.3) is 0 Å². The van der Waals surface area contributed by atoms with Crippen LogP contribution in [0.25, 0.3) is 28.3 Å². The van der Waals surface area contributed by atoms with Gasteiger partial charge in [-0.05, 0) is 125 Å². The highest BCUT2D eigenvalue weighted by molar-refractivity contribution is 5.99. The van der Waals surface area contributed by atoms with Gasteiger partial charge in [0, 0.05) is 24.1 Å². The third-order valence-corrected chi connectivity index (χ3v) is 10.3. The van der Waals surface area contributed by atoms with E-state index >= 15 is 0 Å². The fourth-order valence-electron chi connectivity index (χ4n) is 7.41. The summed E-state index contributed by atoms with van der Waals surface area (Å²) in [5.41, 5.74) is 4.10. The monoisotopic (exact) mass is 783 g/mol. The Hall–Kier alpha value is -6.34. The lowest BCUT2D eigenvalue weighted by atomic mass is 9.75. The number of nitrogens with one attached hydrogen (secondary N) is 1. The molecule has 0 radical (unpaired) electrons. The number of carboxylic acids is 1. The number of unbranched alkanes of at least 4 members (excludes halogenated alkanes) is 2. The van der Waals surface area contributed by atoms with E-state index in [4.69, 9.17) is 4.74 Å². The number of carbonyl (C=O) groups is 2. The molecule has 0 heterocycles. The molecule has 3 atom stereocenters. The summed E-state index contributed by atoms with van der Waals surface area (Å²) in [5.74, 6) is -7.66. The molecule has 0 amide bonds.